The lowest BCUT2D eigenvalue weighted by Crippen LogP contribution is -1.99. The maximum atomic E-state index is 12.8. The van der Waals surface area contributed by atoms with Gasteiger partial charge in [0.15, 0.2) is 0 Å². The van der Waals surface area contributed by atoms with Gasteiger partial charge in [0.05, 0.1) is 11.7 Å². The van der Waals surface area contributed by atoms with E-state index < -0.39 is 0 Å². The van der Waals surface area contributed by atoms with E-state index in [4.69, 9.17) is 0 Å². The van der Waals surface area contributed by atoms with Gasteiger partial charge < -0.3 is 5.32 Å². The molecule has 2 aromatic carbocycles. The van der Waals surface area contributed by atoms with Crippen LogP contribution in [0.15, 0.2) is 48.7 Å². The van der Waals surface area contributed by atoms with Crippen molar-refractivity contribution in [2.75, 3.05) is 5.32 Å². The van der Waals surface area contributed by atoms with Crippen LogP contribution in [0.1, 0.15) is 5.56 Å². The lowest BCUT2D eigenvalue weighted by atomic mass is 10.2. The molecule has 0 atom stereocenters. The summed E-state index contributed by atoms with van der Waals surface area (Å²) in [6, 6.07) is 12.6. The Balaban J connectivity index is 1.76. The number of anilines is 1. The first-order valence-corrected chi connectivity index (χ1v) is 6.12. The molecule has 96 valence electrons. The van der Waals surface area contributed by atoms with Crippen LogP contribution in [0.2, 0.25) is 0 Å². The number of fused-ring (bicyclic) bond motifs is 1. The van der Waals surface area contributed by atoms with E-state index in [0.29, 0.717) is 6.54 Å². The average Bonchev–Trinajstić information content (AvgIpc) is 2.79. The van der Waals surface area contributed by atoms with Crippen LogP contribution in [0.3, 0.4) is 0 Å². The first-order chi connectivity index (χ1) is 9.22. The molecule has 0 bridgehead atoms. The van der Waals surface area contributed by atoms with Crippen LogP contribution >= 0.6 is 0 Å². The van der Waals surface area contributed by atoms with Crippen LogP contribution in [-0.2, 0) is 13.6 Å². The molecule has 1 N–H and O–H groups in total. The Morgan fingerprint density at radius 3 is 2.74 bits per heavy atom. The zero-order valence-electron chi connectivity index (χ0n) is 10.6. The Kier molecular flexibility index (Phi) is 2.91. The molecule has 0 amide bonds. The predicted octanol–water partition coefficient (Wildman–Crippen LogP) is 3.32. The fraction of sp³-hybridized carbons (Fsp3) is 0.133. The highest BCUT2D eigenvalue weighted by Crippen LogP contribution is 2.18. The number of rotatable bonds is 3. The number of halogens is 1. The Morgan fingerprint density at radius 1 is 1.16 bits per heavy atom. The lowest BCUT2D eigenvalue weighted by Gasteiger charge is -2.07. The molecule has 0 aliphatic carbocycles. The molecule has 0 saturated heterocycles. The zero-order valence-corrected chi connectivity index (χ0v) is 10.6. The monoisotopic (exact) mass is 255 g/mol. The van der Waals surface area contributed by atoms with Crippen LogP contribution < -0.4 is 5.32 Å². The maximum Gasteiger partial charge on any atom is 0.123 e. The number of aromatic nitrogens is 2. The molecule has 4 heteroatoms. The topological polar surface area (TPSA) is 29.9 Å². The van der Waals surface area contributed by atoms with Crippen LogP contribution in [-0.4, -0.2) is 9.78 Å². The molecule has 1 aromatic heterocycles. The van der Waals surface area contributed by atoms with E-state index in [1.54, 1.807) is 12.1 Å². The second kappa shape index (κ2) is 4.72. The van der Waals surface area contributed by atoms with Crippen molar-refractivity contribution in [2.45, 2.75) is 6.54 Å². The number of benzene rings is 2. The standard InChI is InChI=1S/C15H14FN3/c1-19-15-7-6-14(8-12(15)10-18-19)17-9-11-2-4-13(16)5-3-11/h2-8,10,17H,9H2,1H3. The summed E-state index contributed by atoms with van der Waals surface area (Å²) in [4.78, 5) is 0. The number of hydrogen-bond acceptors (Lipinski definition) is 2. The summed E-state index contributed by atoms with van der Waals surface area (Å²) < 4.78 is 14.6. The summed E-state index contributed by atoms with van der Waals surface area (Å²) in [5, 5.41) is 8.64. The average molecular weight is 255 g/mol. The van der Waals surface area contributed by atoms with Gasteiger partial charge in [0.2, 0.25) is 0 Å². The largest absolute Gasteiger partial charge is 0.381 e. The SMILES string of the molecule is Cn1ncc2cc(NCc3ccc(F)cc3)ccc21. The van der Waals surface area contributed by atoms with Crippen molar-refractivity contribution in [1.29, 1.82) is 0 Å². The van der Waals surface area contributed by atoms with Crippen molar-refractivity contribution in [3.63, 3.8) is 0 Å². The minimum absolute atomic E-state index is 0.208. The Labute approximate surface area is 110 Å². The molecular weight excluding hydrogens is 241 g/mol. The van der Waals surface area contributed by atoms with Gasteiger partial charge in [-0.2, -0.15) is 5.10 Å². The third kappa shape index (κ3) is 2.42. The van der Waals surface area contributed by atoms with Crippen LogP contribution in [0.5, 0.6) is 0 Å². The summed E-state index contributed by atoms with van der Waals surface area (Å²) >= 11 is 0. The van der Waals surface area contributed by atoms with Gasteiger partial charge >= 0.3 is 0 Å². The first kappa shape index (κ1) is 11.7. The number of aryl methyl sites for hydroxylation is 1. The van der Waals surface area contributed by atoms with Gasteiger partial charge in [-0.15, -0.1) is 0 Å². The number of nitrogens with one attached hydrogen (secondary N) is 1. The molecule has 0 saturated carbocycles. The van der Waals surface area contributed by atoms with Gasteiger partial charge in [-0.25, -0.2) is 4.39 Å². The molecule has 0 aliphatic heterocycles. The summed E-state index contributed by atoms with van der Waals surface area (Å²) in [6.07, 6.45) is 1.85. The fourth-order valence-corrected chi connectivity index (χ4v) is 2.08. The highest BCUT2D eigenvalue weighted by atomic mass is 19.1. The zero-order chi connectivity index (χ0) is 13.2. The molecule has 0 radical (unpaired) electrons. The Hall–Kier alpha value is -2.36. The lowest BCUT2D eigenvalue weighted by molar-refractivity contribution is 0.627. The molecule has 0 fully saturated rings. The smallest absolute Gasteiger partial charge is 0.123 e. The normalized spacial score (nSPS) is 10.8. The van der Waals surface area contributed by atoms with E-state index >= 15 is 0 Å². The second-order valence-electron chi connectivity index (χ2n) is 4.52. The van der Waals surface area contributed by atoms with Gasteiger partial charge in [-0.1, -0.05) is 12.1 Å². The van der Waals surface area contributed by atoms with Crippen LogP contribution in [0.4, 0.5) is 10.1 Å². The summed E-state index contributed by atoms with van der Waals surface area (Å²) in [7, 11) is 1.92. The van der Waals surface area contributed by atoms with Crippen molar-refractivity contribution < 1.29 is 4.39 Å². The minimum Gasteiger partial charge on any atom is -0.381 e. The highest BCUT2D eigenvalue weighted by Gasteiger charge is 2.01. The molecule has 19 heavy (non-hydrogen) atoms. The number of hydrogen-bond donors (Lipinski definition) is 1. The minimum atomic E-state index is -0.208. The molecule has 0 aliphatic rings. The van der Waals surface area contributed by atoms with Gasteiger partial charge in [0, 0.05) is 24.7 Å². The molecule has 3 rings (SSSR count). The van der Waals surface area contributed by atoms with E-state index in [1.165, 1.54) is 12.1 Å². The Morgan fingerprint density at radius 2 is 1.95 bits per heavy atom. The fourth-order valence-electron chi connectivity index (χ4n) is 2.08. The van der Waals surface area contributed by atoms with Gasteiger partial charge in [-0.3, -0.25) is 4.68 Å². The van der Waals surface area contributed by atoms with E-state index in [-0.39, 0.29) is 5.82 Å². The van der Waals surface area contributed by atoms with E-state index in [2.05, 4.69) is 16.5 Å². The van der Waals surface area contributed by atoms with E-state index in [0.717, 1.165) is 22.2 Å². The number of nitrogens with zero attached hydrogens (tertiary/aromatic N) is 2. The quantitative estimate of drug-likeness (QED) is 0.778. The van der Waals surface area contributed by atoms with E-state index in [1.807, 2.05) is 30.1 Å². The molecule has 1 heterocycles. The molecular formula is C15H14FN3. The van der Waals surface area contributed by atoms with Crippen molar-refractivity contribution in [3.05, 3.63) is 60.0 Å². The van der Waals surface area contributed by atoms with Crippen molar-refractivity contribution in [1.82, 2.24) is 9.78 Å². The van der Waals surface area contributed by atoms with Crippen molar-refractivity contribution >= 4 is 16.6 Å². The van der Waals surface area contributed by atoms with Crippen LogP contribution in [0, 0.1) is 5.82 Å². The molecule has 0 unspecified atom stereocenters. The molecule has 3 nitrogen and oxygen atoms in total. The third-order valence-electron chi connectivity index (χ3n) is 3.16. The Bertz CT molecular complexity index is 701. The maximum absolute atomic E-state index is 12.8. The highest BCUT2D eigenvalue weighted by molar-refractivity contribution is 5.82. The predicted molar refractivity (Wildman–Crippen MR) is 74.4 cm³/mol. The van der Waals surface area contributed by atoms with Gasteiger partial charge in [-0.05, 0) is 35.9 Å². The van der Waals surface area contributed by atoms with Crippen molar-refractivity contribution in [2.24, 2.45) is 7.05 Å². The molecule has 3 aromatic rings. The first-order valence-electron chi connectivity index (χ1n) is 6.12. The van der Waals surface area contributed by atoms with Gasteiger partial charge in [0.25, 0.3) is 0 Å². The van der Waals surface area contributed by atoms with Crippen LogP contribution in [0.25, 0.3) is 10.9 Å². The van der Waals surface area contributed by atoms with Crippen molar-refractivity contribution in [3.8, 4) is 0 Å². The van der Waals surface area contributed by atoms with E-state index in [9.17, 15) is 4.39 Å². The summed E-state index contributed by atoms with van der Waals surface area (Å²) in [5.41, 5.74) is 3.19. The third-order valence-corrected chi connectivity index (χ3v) is 3.16. The van der Waals surface area contributed by atoms with Gasteiger partial charge in [0.1, 0.15) is 5.82 Å². The summed E-state index contributed by atoms with van der Waals surface area (Å²) in [5.74, 6) is -0.208. The molecule has 0 spiro atoms. The summed E-state index contributed by atoms with van der Waals surface area (Å²) in [6.45, 7) is 0.673. The second-order valence-corrected chi connectivity index (χ2v) is 4.52.